The van der Waals surface area contributed by atoms with Crippen LogP contribution in [0, 0.1) is 0 Å². The molecule has 1 rings (SSSR count). The van der Waals surface area contributed by atoms with Gasteiger partial charge in [0.1, 0.15) is 0 Å². The molecule has 2 heteroatoms. The van der Waals surface area contributed by atoms with E-state index in [0.29, 0.717) is 0 Å². The minimum atomic E-state index is -1.17. The van der Waals surface area contributed by atoms with Gasteiger partial charge in [0.05, 0.1) is 16.1 Å². The molecule has 0 heterocycles. The Kier molecular flexibility index (Phi) is 3.61. The lowest BCUT2D eigenvalue weighted by Gasteiger charge is -2.29. The van der Waals surface area contributed by atoms with Crippen LogP contribution in [0.2, 0.25) is 39.3 Å². The van der Waals surface area contributed by atoms with Crippen LogP contribution in [0.4, 0.5) is 0 Å². The van der Waals surface area contributed by atoms with Crippen molar-refractivity contribution >= 4 is 16.1 Å². The summed E-state index contributed by atoms with van der Waals surface area (Å²) in [4.78, 5) is 0. The molecule has 84 valence electrons. The molecule has 0 saturated carbocycles. The molecule has 0 aliphatic heterocycles. The van der Waals surface area contributed by atoms with Gasteiger partial charge in [-0.3, -0.25) is 0 Å². The molecule has 0 spiro atoms. The van der Waals surface area contributed by atoms with Gasteiger partial charge >= 0.3 is 0 Å². The molecule has 0 radical (unpaired) electrons. The molecule has 0 N–H and O–H groups in total. The van der Waals surface area contributed by atoms with Crippen molar-refractivity contribution in [3.63, 3.8) is 0 Å². The van der Waals surface area contributed by atoms with Gasteiger partial charge in [-0.1, -0.05) is 74.0 Å². The van der Waals surface area contributed by atoms with Gasteiger partial charge in [0.2, 0.25) is 0 Å². The fraction of sp³-hybridized carbons (Fsp3) is 0.538. The van der Waals surface area contributed by atoms with Gasteiger partial charge in [-0.05, 0) is 6.42 Å². The monoisotopic (exact) mass is 236 g/mol. The van der Waals surface area contributed by atoms with E-state index in [1.165, 1.54) is 6.42 Å². The second kappa shape index (κ2) is 4.26. The summed E-state index contributed by atoms with van der Waals surface area (Å²) in [6.07, 6.45) is 10.3. The molecule has 1 aliphatic carbocycles. The summed E-state index contributed by atoms with van der Waals surface area (Å²) in [5.41, 5.74) is 0. The highest BCUT2D eigenvalue weighted by Crippen LogP contribution is 2.30. The van der Waals surface area contributed by atoms with Crippen LogP contribution in [-0.4, -0.2) is 16.1 Å². The number of hydrogen-bond acceptors (Lipinski definition) is 0. The summed E-state index contributed by atoms with van der Waals surface area (Å²) in [5, 5.41) is 3.47. The zero-order valence-corrected chi connectivity index (χ0v) is 13.0. The number of allylic oxidation sites excluding steroid dienone is 6. The largest absolute Gasteiger partial charge is 0.0809 e. The number of hydrogen-bond donors (Lipinski definition) is 0. The first-order valence-corrected chi connectivity index (χ1v) is 12.8. The molecule has 0 nitrogen and oxygen atoms in total. The summed E-state index contributed by atoms with van der Waals surface area (Å²) < 4.78 is 0. The summed E-state index contributed by atoms with van der Waals surface area (Å²) in [6.45, 7) is 14.8. The third kappa shape index (κ3) is 3.31. The Morgan fingerprint density at radius 3 is 1.93 bits per heavy atom. The average molecular weight is 237 g/mol. The van der Waals surface area contributed by atoms with Crippen LogP contribution in [0.25, 0.3) is 0 Å². The van der Waals surface area contributed by atoms with Crippen molar-refractivity contribution in [2.24, 2.45) is 0 Å². The quantitative estimate of drug-likeness (QED) is 0.617. The van der Waals surface area contributed by atoms with Crippen LogP contribution in [-0.2, 0) is 0 Å². The summed E-state index contributed by atoms with van der Waals surface area (Å²) >= 11 is 0. The van der Waals surface area contributed by atoms with E-state index in [9.17, 15) is 0 Å². The zero-order valence-electron chi connectivity index (χ0n) is 11.0. The molecular formula is C13H24Si2. The van der Waals surface area contributed by atoms with E-state index in [-0.39, 0.29) is 0 Å². The van der Waals surface area contributed by atoms with E-state index in [2.05, 4.69) is 63.6 Å². The molecule has 0 atom stereocenters. The van der Waals surface area contributed by atoms with Crippen LogP contribution in [0.15, 0.2) is 34.7 Å². The van der Waals surface area contributed by atoms with Crippen molar-refractivity contribution < 1.29 is 0 Å². The molecule has 15 heavy (non-hydrogen) atoms. The average Bonchev–Trinajstić information content (AvgIpc) is 2.24. The lowest BCUT2D eigenvalue weighted by atomic mass is 10.4. The Bertz CT molecular complexity index is 319. The minimum absolute atomic E-state index is 1.15. The van der Waals surface area contributed by atoms with Gasteiger partial charge in [0.15, 0.2) is 0 Å². The third-order valence-electron chi connectivity index (χ3n) is 2.87. The lowest BCUT2D eigenvalue weighted by molar-refractivity contribution is 1.29. The summed E-state index contributed by atoms with van der Waals surface area (Å²) in [5.74, 6) is 0. The SMILES string of the molecule is C[Si](C)(C)C1=C([Si](C)(C)C)CC=CC=C1. The maximum absolute atomic E-state index is 2.47. The Balaban J connectivity index is 3.28. The van der Waals surface area contributed by atoms with E-state index < -0.39 is 16.1 Å². The Morgan fingerprint density at radius 2 is 1.47 bits per heavy atom. The summed E-state index contributed by atoms with van der Waals surface area (Å²) in [7, 11) is -2.32. The standard InChI is InChI=1S/C13H24Si2/c1-14(2,3)12-10-8-7-9-11-13(12)15(4,5)6/h7-10H,11H2,1-6H3. The van der Waals surface area contributed by atoms with Crippen molar-refractivity contribution in [3.8, 4) is 0 Å². The maximum atomic E-state index is 2.47. The van der Waals surface area contributed by atoms with Gasteiger partial charge in [0, 0.05) is 0 Å². The van der Waals surface area contributed by atoms with Crippen molar-refractivity contribution in [1.82, 2.24) is 0 Å². The van der Waals surface area contributed by atoms with Gasteiger partial charge < -0.3 is 0 Å². The van der Waals surface area contributed by atoms with E-state index in [1.54, 1.807) is 10.4 Å². The van der Waals surface area contributed by atoms with Crippen LogP contribution in [0.1, 0.15) is 6.42 Å². The smallest absolute Gasteiger partial charge is 0.0770 e. The van der Waals surface area contributed by atoms with Crippen molar-refractivity contribution in [1.29, 1.82) is 0 Å². The molecule has 0 aromatic carbocycles. The second-order valence-corrected chi connectivity index (χ2v) is 16.5. The van der Waals surface area contributed by atoms with Gasteiger partial charge in [0.25, 0.3) is 0 Å². The number of rotatable bonds is 2. The molecule has 0 amide bonds. The molecule has 0 bridgehead atoms. The third-order valence-corrected chi connectivity index (χ3v) is 7.49. The first kappa shape index (κ1) is 12.7. The Hall–Kier alpha value is -0.346. The predicted molar refractivity (Wildman–Crippen MR) is 76.6 cm³/mol. The first-order chi connectivity index (χ1) is 6.73. The Labute approximate surface area is 96.8 Å². The van der Waals surface area contributed by atoms with Crippen LogP contribution >= 0.6 is 0 Å². The normalized spacial score (nSPS) is 18.3. The molecule has 0 saturated heterocycles. The Morgan fingerprint density at radius 1 is 0.867 bits per heavy atom. The molecule has 0 aromatic rings. The molecule has 1 aliphatic rings. The van der Waals surface area contributed by atoms with Crippen LogP contribution < -0.4 is 0 Å². The molecule has 0 unspecified atom stereocenters. The van der Waals surface area contributed by atoms with Gasteiger partial charge in [-0.25, -0.2) is 0 Å². The van der Waals surface area contributed by atoms with Crippen LogP contribution in [0.5, 0.6) is 0 Å². The molecule has 0 aromatic heterocycles. The van der Waals surface area contributed by atoms with Crippen molar-refractivity contribution in [2.75, 3.05) is 0 Å². The highest BCUT2D eigenvalue weighted by Gasteiger charge is 2.28. The second-order valence-electron chi connectivity index (χ2n) is 6.38. The van der Waals surface area contributed by atoms with Gasteiger partial charge in [-0.15, -0.1) is 0 Å². The fourth-order valence-electron chi connectivity index (χ4n) is 2.04. The highest BCUT2D eigenvalue weighted by atomic mass is 28.3. The minimum Gasteiger partial charge on any atom is -0.0809 e. The summed E-state index contributed by atoms with van der Waals surface area (Å²) in [6, 6.07) is 0. The van der Waals surface area contributed by atoms with E-state index in [0.717, 1.165) is 0 Å². The predicted octanol–water partition coefficient (Wildman–Crippen LogP) is 4.55. The van der Waals surface area contributed by atoms with E-state index >= 15 is 0 Å². The topological polar surface area (TPSA) is 0 Å². The highest BCUT2D eigenvalue weighted by molar-refractivity contribution is 6.89. The first-order valence-electron chi connectivity index (χ1n) is 5.80. The maximum Gasteiger partial charge on any atom is 0.0770 e. The van der Waals surface area contributed by atoms with E-state index in [4.69, 9.17) is 0 Å². The fourth-order valence-corrected chi connectivity index (χ4v) is 7.51. The lowest BCUT2D eigenvalue weighted by Crippen LogP contribution is -2.32. The van der Waals surface area contributed by atoms with Crippen LogP contribution in [0.3, 0.4) is 0 Å². The van der Waals surface area contributed by atoms with E-state index in [1.807, 2.05) is 0 Å². The van der Waals surface area contributed by atoms with Crippen molar-refractivity contribution in [2.45, 2.75) is 45.7 Å². The molecule has 0 fully saturated rings. The van der Waals surface area contributed by atoms with Crippen molar-refractivity contribution in [3.05, 3.63) is 34.7 Å². The molecular weight excluding hydrogens is 212 g/mol. The zero-order chi connectivity index (χ0) is 11.7. The van der Waals surface area contributed by atoms with Gasteiger partial charge in [-0.2, -0.15) is 0 Å².